The highest BCUT2D eigenvalue weighted by atomic mass is 15.1. The molecule has 0 aliphatic carbocycles. The van der Waals surface area contributed by atoms with E-state index in [1.165, 1.54) is 49.4 Å². The molecule has 0 N–H and O–H groups in total. The van der Waals surface area contributed by atoms with E-state index in [0.717, 1.165) is 0 Å². The van der Waals surface area contributed by atoms with Gasteiger partial charge >= 0.3 is 0 Å². The fraction of sp³-hybridized carbons (Fsp3) is 0.533. The third-order valence-corrected chi connectivity index (χ3v) is 4.21. The van der Waals surface area contributed by atoms with Gasteiger partial charge in [0.05, 0.1) is 11.7 Å². The maximum Gasteiger partial charge on any atom is 0.116 e. The largest absolute Gasteiger partial charge is 0.304 e. The summed E-state index contributed by atoms with van der Waals surface area (Å²) in [6.07, 6.45) is 6.65. The molecular formula is C15H21N3. The van der Waals surface area contributed by atoms with E-state index in [1.54, 1.807) is 0 Å². The Morgan fingerprint density at radius 3 is 2.83 bits per heavy atom. The Hall–Kier alpha value is -1.35. The summed E-state index contributed by atoms with van der Waals surface area (Å²) in [5.74, 6) is 1.88. The van der Waals surface area contributed by atoms with Gasteiger partial charge in [-0.15, -0.1) is 0 Å². The smallest absolute Gasteiger partial charge is 0.116 e. The van der Waals surface area contributed by atoms with Crippen molar-refractivity contribution in [2.45, 2.75) is 32.6 Å². The SMILES string of the molecule is CCN1CCC(c2ncc3c(C)cccn23)CC1. The van der Waals surface area contributed by atoms with Crippen LogP contribution in [0, 0.1) is 6.92 Å². The molecule has 3 heterocycles. The Labute approximate surface area is 108 Å². The molecule has 0 atom stereocenters. The molecule has 3 rings (SSSR count). The second kappa shape index (κ2) is 4.73. The molecule has 0 amide bonds. The minimum atomic E-state index is 0.622. The zero-order chi connectivity index (χ0) is 12.5. The van der Waals surface area contributed by atoms with Crippen molar-refractivity contribution in [1.82, 2.24) is 14.3 Å². The topological polar surface area (TPSA) is 20.5 Å². The highest BCUT2D eigenvalue weighted by Gasteiger charge is 2.23. The van der Waals surface area contributed by atoms with Gasteiger partial charge < -0.3 is 9.30 Å². The summed E-state index contributed by atoms with van der Waals surface area (Å²) in [7, 11) is 0. The van der Waals surface area contributed by atoms with E-state index < -0.39 is 0 Å². The van der Waals surface area contributed by atoms with Gasteiger partial charge in [0.25, 0.3) is 0 Å². The third kappa shape index (κ3) is 1.93. The second-order valence-corrected chi connectivity index (χ2v) is 5.27. The van der Waals surface area contributed by atoms with Crippen LogP contribution in [0.15, 0.2) is 24.5 Å². The lowest BCUT2D eigenvalue weighted by molar-refractivity contribution is 0.219. The van der Waals surface area contributed by atoms with Crippen LogP contribution in [0.3, 0.4) is 0 Å². The number of imidazole rings is 1. The summed E-state index contributed by atoms with van der Waals surface area (Å²) in [4.78, 5) is 7.20. The minimum Gasteiger partial charge on any atom is -0.304 e. The molecule has 96 valence electrons. The fourth-order valence-corrected chi connectivity index (χ4v) is 2.99. The number of likely N-dealkylation sites (tertiary alicyclic amines) is 1. The van der Waals surface area contributed by atoms with E-state index in [0.29, 0.717) is 5.92 Å². The molecule has 0 aromatic carbocycles. The van der Waals surface area contributed by atoms with Crippen LogP contribution in [-0.2, 0) is 0 Å². The second-order valence-electron chi connectivity index (χ2n) is 5.27. The molecule has 1 aliphatic heterocycles. The van der Waals surface area contributed by atoms with Gasteiger partial charge in [0, 0.05) is 12.1 Å². The monoisotopic (exact) mass is 243 g/mol. The van der Waals surface area contributed by atoms with Crippen LogP contribution in [-0.4, -0.2) is 33.9 Å². The van der Waals surface area contributed by atoms with E-state index in [-0.39, 0.29) is 0 Å². The van der Waals surface area contributed by atoms with Crippen molar-refractivity contribution in [3.63, 3.8) is 0 Å². The molecule has 2 aromatic rings. The number of fused-ring (bicyclic) bond motifs is 1. The summed E-state index contributed by atoms with van der Waals surface area (Å²) >= 11 is 0. The summed E-state index contributed by atoms with van der Waals surface area (Å²) in [6.45, 7) is 7.99. The number of rotatable bonds is 2. The first kappa shape index (κ1) is 11.7. The van der Waals surface area contributed by atoms with Crippen LogP contribution in [0.5, 0.6) is 0 Å². The van der Waals surface area contributed by atoms with Crippen molar-refractivity contribution >= 4 is 5.52 Å². The maximum atomic E-state index is 4.68. The Morgan fingerprint density at radius 1 is 1.33 bits per heavy atom. The molecule has 1 fully saturated rings. The van der Waals surface area contributed by atoms with Crippen LogP contribution in [0.25, 0.3) is 5.52 Å². The zero-order valence-electron chi connectivity index (χ0n) is 11.3. The van der Waals surface area contributed by atoms with Gasteiger partial charge in [0.15, 0.2) is 0 Å². The number of aryl methyl sites for hydroxylation is 1. The van der Waals surface area contributed by atoms with Crippen molar-refractivity contribution < 1.29 is 0 Å². The highest BCUT2D eigenvalue weighted by molar-refractivity contribution is 5.53. The van der Waals surface area contributed by atoms with E-state index in [1.807, 2.05) is 6.20 Å². The van der Waals surface area contributed by atoms with Crippen LogP contribution >= 0.6 is 0 Å². The Kier molecular flexibility index (Phi) is 3.08. The number of hydrogen-bond donors (Lipinski definition) is 0. The van der Waals surface area contributed by atoms with E-state index in [9.17, 15) is 0 Å². The van der Waals surface area contributed by atoms with Gasteiger partial charge in [0.2, 0.25) is 0 Å². The first-order valence-electron chi connectivity index (χ1n) is 6.94. The number of hydrogen-bond acceptors (Lipinski definition) is 2. The predicted molar refractivity (Wildman–Crippen MR) is 74.0 cm³/mol. The Balaban J connectivity index is 1.89. The average Bonchev–Trinajstić information content (AvgIpc) is 2.84. The van der Waals surface area contributed by atoms with Crippen molar-refractivity contribution in [3.8, 4) is 0 Å². The van der Waals surface area contributed by atoms with Crippen LogP contribution in [0.2, 0.25) is 0 Å². The van der Waals surface area contributed by atoms with Crippen molar-refractivity contribution in [3.05, 3.63) is 35.9 Å². The molecule has 0 bridgehead atoms. The molecule has 0 radical (unpaired) electrons. The third-order valence-electron chi connectivity index (χ3n) is 4.21. The molecule has 0 unspecified atom stereocenters. The van der Waals surface area contributed by atoms with Crippen LogP contribution < -0.4 is 0 Å². The van der Waals surface area contributed by atoms with Crippen LogP contribution in [0.4, 0.5) is 0 Å². The first-order valence-corrected chi connectivity index (χ1v) is 6.94. The molecular weight excluding hydrogens is 222 g/mol. The molecule has 0 spiro atoms. The summed E-state index contributed by atoms with van der Waals surface area (Å²) in [5.41, 5.74) is 2.56. The summed E-state index contributed by atoms with van der Waals surface area (Å²) in [5, 5.41) is 0. The maximum absolute atomic E-state index is 4.68. The summed E-state index contributed by atoms with van der Waals surface area (Å²) < 4.78 is 2.28. The van der Waals surface area contributed by atoms with Gasteiger partial charge in [-0.1, -0.05) is 13.0 Å². The number of aromatic nitrogens is 2. The van der Waals surface area contributed by atoms with Crippen molar-refractivity contribution in [2.24, 2.45) is 0 Å². The highest BCUT2D eigenvalue weighted by Crippen LogP contribution is 2.28. The molecule has 0 saturated carbocycles. The lowest BCUT2D eigenvalue weighted by atomic mass is 9.96. The van der Waals surface area contributed by atoms with Crippen LogP contribution in [0.1, 0.15) is 37.1 Å². The van der Waals surface area contributed by atoms with Gasteiger partial charge in [-0.25, -0.2) is 4.98 Å². The predicted octanol–water partition coefficient (Wildman–Crippen LogP) is 2.84. The van der Waals surface area contributed by atoms with Gasteiger partial charge in [-0.2, -0.15) is 0 Å². The lowest BCUT2D eigenvalue weighted by Crippen LogP contribution is -2.33. The Bertz CT molecular complexity index is 536. The zero-order valence-corrected chi connectivity index (χ0v) is 11.3. The number of nitrogens with zero attached hydrogens (tertiary/aromatic N) is 3. The van der Waals surface area contributed by atoms with Gasteiger partial charge in [-0.05, 0) is 51.0 Å². The quantitative estimate of drug-likeness (QED) is 0.808. The minimum absolute atomic E-state index is 0.622. The summed E-state index contributed by atoms with van der Waals surface area (Å²) in [6, 6.07) is 4.27. The van der Waals surface area contributed by atoms with E-state index in [2.05, 4.69) is 46.5 Å². The van der Waals surface area contributed by atoms with Crippen molar-refractivity contribution in [2.75, 3.05) is 19.6 Å². The lowest BCUT2D eigenvalue weighted by Gasteiger charge is -2.30. The fourth-order valence-electron chi connectivity index (χ4n) is 2.99. The molecule has 18 heavy (non-hydrogen) atoms. The average molecular weight is 243 g/mol. The van der Waals surface area contributed by atoms with Gasteiger partial charge in [-0.3, -0.25) is 0 Å². The number of pyridine rings is 1. The Morgan fingerprint density at radius 2 is 2.11 bits per heavy atom. The first-order chi connectivity index (χ1) is 8.79. The standard InChI is InChI=1S/C15H21N3/c1-3-17-9-6-13(7-10-17)15-16-11-14-12(2)5-4-8-18(14)15/h4-5,8,11,13H,3,6-7,9-10H2,1-2H3. The number of piperidine rings is 1. The molecule has 1 saturated heterocycles. The molecule has 3 heteroatoms. The van der Waals surface area contributed by atoms with Gasteiger partial charge in [0.1, 0.15) is 5.82 Å². The normalized spacial score (nSPS) is 18.6. The van der Waals surface area contributed by atoms with Crippen molar-refractivity contribution in [1.29, 1.82) is 0 Å². The molecule has 3 nitrogen and oxygen atoms in total. The molecule has 1 aliphatic rings. The molecule has 2 aromatic heterocycles. The van der Waals surface area contributed by atoms with E-state index in [4.69, 9.17) is 0 Å². The van der Waals surface area contributed by atoms with E-state index >= 15 is 0 Å².